The summed E-state index contributed by atoms with van der Waals surface area (Å²) in [4.78, 5) is 27.5. The summed E-state index contributed by atoms with van der Waals surface area (Å²) in [7, 11) is 1.61. The normalized spacial score (nSPS) is 16.6. The van der Waals surface area contributed by atoms with Gasteiger partial charge in [0.1, 0.15) is 0 Å². The van der Waals surface area contributed by atoms with Crippen LogP contribution in [0.15, 0.2) is 65.9 Å². The summed E-state index contributed by atoms with van der Waals surface area (Å²) >= 11 is 0. The Kier molecular flexibility index (Phi) is 6.83. The van der Waals surface area contributed by atoms with Gasteiger partial charge in [-0.25, -0.2) is 0 Å². The first-order valence-corrected chi connectivity index (χ1v) is 9.89. The van der Waals surface area contributed by atoms with Gasteiger partial charge >= 0.3 is 0 Å². The molecule has 2 aromatic rings. The molecule has 1 heterocycles. The maximum Gasteiger partial charge on any atom is 0.290 e. The number of amides is 1. The first-order chi connectivity index (χ1) is 14.0. The fourth-order valence-electron chi connectivity index (χ4n) is 3.77. The Bertz CT molecular complexity index is 904. The van der Waals surface area contributed by atoms with Crippen molar-refractivity contribution in [1.29, 1.82) is 0 Å². The minimum atomic E-state index is -0.567. The molecule has 0 saturated carbocycles. The lowest BCUT2D eigenvalue weighted by Gasteiger charge is -2.27. The quantitative estimate of drug-likeness (QED) is 0.656. The summed E-state index contributed by atoms with van der Waals surface area (Å²) in [6.45, 7) is 2.88. The van der Waals surface area contributed by atoms with Crippen LogP contribution in [0.1, 0.15) is 35.6 Å². The molecule has 1 aliphatic heterocycles. The van der Waals surface area contributed by atoms with Gasteiger partial charge in [-0.3, -0.25) is 9.59 Å². The van der Waals surface area contributed by atoms with E-state index in [0.29, 0.717) is 26.0 Å². The zero-order valence-corrected chi connectivity index (χ0v) is 16.9. The molecule has 0 bridgehead atoms. The molecule has 0 saturated heterocycles. The number of Topliss-reactive ketones (excluding diaryl/α,β-unsaturated/α-hetero) is 1. The highest BCUT2D eigenvalue weighted by Crippen LogP contribution is 2.38. The Morgan fingerprint density at radius 3 is 2.59 bits per heavy atom. The fourth-order valence-corrected chi connectivity index (χ4v) is 3.77. The number of methoxy groups -OCH3 is 1. The maximum atomic E-state index is 13.1. The smallest absolute Gasteiger partial charge is 0.290 e. The second-order valence-electron chi connectivity index (χ2n) is 7.33. The molecule has 152 valence electrons. The van der Waals surface area contributed by atoms with Gasteiger partial charge in [0, 0.05) is 26.7 Å². The number of aliphatic hydroxyl groups is 1. The molecule has 5 heteroatoms. The molecule has 2 aromatic carbocycles. The second kappa shape index (κ2) is 9.52. The number of aliphatic hydroxyl groups excluding tert-OH is 1. The molecule has 0 fully saturated rings. The highest BCUT2D eigenvalue weighted by Gasteiger charge is 2.42. The lowest BCUT2D eigenvalue weighted by Crippen LogP contribution is -2.32. The highest BCUT2D eigenvalue weighted by molar-refractivity contribution is 6.09. The average Bonchev–Trinajstić information content (AvgIpc) is 2.98. The molecule has 1 unspecified atom stereocenters. The van der Waals surface area contributed by atoms with Crippen molar-refractivity contribution in [3.8, 4) is 0 Å². The topological polar surface area (TPSA) is 66.8 Å². The summed E-state index contributed by atoms with van der Waals surface area (Å²) in [6.07, 6.45) is 1.43. The molecule has 1 aliphatic rings. The van der Waals surface area contributed by atoms with Crippen molar-refractivity contribution in [3.63, 3.8) is 0 Å². The summed E-state index contributed by atoms with van der Waals surface area (Å²) < 4.78 is 5.10. The van der Waals surface area contributed by atoms with Gasteiger partial charge in [0.15, 0.2) is 11.5 Å². The number of carbonyl (C=O) groups is 2. The number of ketones is 1. The number of ether oxygens (including phenoxy) is 1. The second-order valence-corrected chi connectivity index (χ2v) is 7.33. The standard InChI is InChI=1S/C24H27NO4/c1-17-8-6-11-19(16-17)22-21(20(26)13-12-18-9-4-3-5-10-18)23(27)24(28)25(22)14-7-15-29-2/h3-6,8-11,16,22,27H,7,12-15H2,1-2H3. The van der Waals surface area contributed by atoms with Crippen molar-refractivity contribution in [2.45, 2.75) is 32.2 Å². The Labute approximate surface area is 171 Å². The Balaban J connectivity index is 1.88. The molecule has 1 amide bonds. The van der Waals surface area contributed by atoms with Gasteiger partial charge in [0.2, 0.25) is 0 Å². The van der Waals surface area contributed by atoms with Crippen LogP contribution >= 0.6 is 0 Å². The van der Waals surface area contributed by atoms with Crippen molar-refractivity contribution >= 4 is 11.7 Å². The van der Waals surface area contributed by atoms with Crippen LogP contribution in [-0.2, 0) is 20.7 Å². The third kappa shape index (κ3) is 4.74. The number of aryl methyl sites for hydroxylation is 2. The molecule has 3 rings (SSSR count). The van der Waals surface area contributed by atoms with Gasteiger partial charge in [-0.1, -0.05) is 60.2 Å². The van der Waals surface area contributed by atoms with Crippen LogP contribution in [-0.4, -0.2) is 42.0 Å². The molecule has 29 heavy (non-hydrogen) atoms. The highest BCUT2D eigenvalue weighted by atomic mass is 16.5. The van der Waals surface area contributed by atoms with Crippen molar-refractivity contribution in [1.82, 2.24) is 4.90 Å². The van der Waals surface area contributed by atoms with Crippen LogP contribution in [0.25, 0.3) is 0 Å². The first kappa shape index (κ1) is 20.8. The lowest BCUT2D eigenvalue weighted by atomic mass is 9.92. The molecule has 0 aromatic heterocycles. The maximum absolute atomic E-state index is 13.1. The largest absolute Gasteiger partial charge is 0.503 e. The summed E-state index contributed by atoms with van der Waals surface area (Å²) in [5.41, 5.74) is 3.13. The van der Waals surface area contributed by atoms with Gasteiger partial charge in [-0.15, -0.1) is 0 Å². The molecular formula is C24H27NO4. The van der Waals surface area contributed by atoms with Crippen LogP contribution < -0.4 is 0 Å². The first-order valence-electron chi connectivity index (χ1n) is 9.89. The molecule has 0 aliphatic carbocycles. The van der Waals surface area contributed by atoms with E-state index in [9.17, 15) is 14.7 Å². The van der Waals surface area contributed by atoms with Gasteiger partial charge in [-0.05, 0) is 30.9 Å². The molecule has 0 spiro atoms. The number of nitrogens with zero attached hydrogens (tertiary/aromatic N) is 1. The zero-order valence-electron chi connectivity index (χ0n) is 16.9. The van der Waals surface area contributed by atoms with E-state index in [4.69, 9.17) is 4.74 Å². The number of benzene rings is 2. The fraction of sp³-hybridized carbons (Fsp3) is 0.333. The monoisotopic (exact) mass is 393 g/mol. The third-order valence-electron chi connectivity index (χ3n) is 5.19. The van der Waals surface area contributed by atoms with E-state index < -0.39 is 17.7 Å². The van der Waals surface area contributed by atoms with Gasteiger partial charge < -0.3 is 14.7 Å². The Hall–Kier alpha value is -2.92. The number of rotatable bonds is 9. The van der Waals surface area contributed by atoms with Gasteiger partial charge in [0.05, 0.1) is 11.6 Å². The average molecular weight is 393 g/mol. The predicted octanol–water partition coefficient (Wildman–Crippen LogP) is 3.93. The van der Waals surface area contributed by atoms with Crippen LogP contribution in [0.3, 0.4) is 0 Å². The van der Waals surface area contributed by atoms with Crippen LogP contribution in [0, 0.1) is 6.92 Å². The van der Waals surface area contributed by atoms with Gasteiger partial charge in [-0.2, -0.15) is 0 Å². The van der Waals surface area contributed by atoms with Crippen molar-refractivity contribution < 1.29 is 19.4 Å². The molecule has 1 atom stereocenters. The SMILES string of the molecule is COCCCN1C(=O)C(O)=C(C(=O)CCc2ccccc2)C1c1cccc(C)c1. The van der Waals surface area contributed by atoms with E-state index in [1.54, 1.807) is 12.0 Å². The van der Waals surface area contributed by atoms with Crippen molar-refractivity contribution in [3.05, 3.63) is 82.6 Å². The third-order valence-corrected chi connectivity index (χ3v) is 5.19. The summed E-state index contributed by atoms with van der Waals surface area (Å²) in [5.74, 6) is -1.11. The lowest BCUT2D eigenvalue weighted by molar-refractivity contribution is -0.129. The Morgan fingerprint density at radius 2 is 1.90 bits per heavy atom. The summed E-state index contributed by atoms with van der Waals surface area (Å²) in [5, 5.41) is 10.6. The van der Waals surface area contributed by atoms with Crippen molar-refractivity contribution in [2.24, 2.45) is 0 Å². The van der Waals surface area contributed by atoms with E-state index >= 15 is 0 Å². The number of hydrogen-bond donors (Lipinski definition) is 1. The van der Waals surface area contributed by atoms with E-state index in [0.717, 1.165) is 16.7 Å². The molecule has 5 nitrogen and oxygen atoms in total. The summed E-state index contributed by atoms with van der Waals surface area (Å²) in [6, 6.07) is 16.9. The van der Waals surface area contributed by atoms with E-state index in [2.05, 4.69) is 0 Å². The van der Waals surface area contributed by atoms with Crippen LogP contribution in [0.5, 0.6) is 0 Å². The van der Waals surface area contributed by atoms with Crippen LogP contribution in [0.2, 0.25) is 0 Å². The van der Waals surface area contributed by atoms with Crippen LogP contribution in [0.4, 0.5) is 0 Å². The Morgan fingerprint density at radius 1 is 1.14 bits per heavy atom. The minimum Gasteiger partial charge on any atom is -0.503 e. The van der Waals surface area contributed by atoms with E-state index in [-0.39, 0.29) is 17.8 Å². The van der Waals surface area contributed by atoms with Crippen molar-refractivity contribution in [2.75, 3.05) is 20.3 Å². The molecule has 1 N–H and O–H groups in total. The zero-order chi connectivity index (χ0) is 20.8. The predicted molar refractivity (Wildman–Crippen MR) is 112 cm³/mol. The molecular weight excluding hydrogens is 366 g/mol. The number of carbonyl (C=O) groups excluding carboxylic acids is 2. The van der Waals surface area contributed by atoms with E-state index in [1.807, 2.05) is 61.5 Å². The van der Waals surface area contributed by atoms with Gasteiger partial charge in [0.25, 0.3) is 5.91 Å². The molecule has 0 radical (unpaired) electrons. The van der Waals surface area contributed by atoms with E-state index in [1.165, 1.54) is 0 Å². The minimum absolute atomic E-state index is 0.194. The number of hydrogen-bond acceptors (Lipinski definition) is 4.